The molecule has 1 saturated carbocycles. The minimum atomic E-state index is -0.862. The quantitative estimate of drug-likeness (QED) is 0.463. The third kappa shape index (κ3) is 5.22. The van der Waals surface area contributed by atoms with Crippen molar-refractivity contribution < 1.29 is 29.0 Å². The molecule has 0 saturated heterocycles. The summed E-state index contributed by atoms with van der Waals surface area (Å²) in [5.74, 6) is -1.24. The molecule has 8 heteroatoms. The molecule has 2 aromatic carbocycles. The van der Waals surface area contributed by atoms with E-state index in [1.165, 1.54) is 11.1 Å². The Morgan fingerprint density at radius 3 is 2.18 bits per heavy atom. The molecule has 0 spiro atoms. The summed E-state index contributed by atoms with van der Waals surface area (Å²) in [4.78, 5) is 35.6. The number of rotatable bonds is 10. The lowest BCUT2D eigenvalue weighted by Crippen LogP contribution is -2.42. The largest absolute Gasteiger partial charge is 0.481 e. The first-order valence-electron chi connectivity index (χ1n) is 11.7. The lowest BCUT2D eigenvalue weighted by Gasteiger charge is -2.23. The summed E-state index contributed by atoms with van der Waals surface area (Å²) in [6.45, 7) is 0.490. The first-order valence-corrected chi connectivity index (χ1v) is 11.7. The van der Waals surface area contributed by atoms with Gasteiger partial charge in [-0.25, -0.2) is 4.79 Å². The second-order valence-corrected chi connectivity index (χ2v) is 8.87. The fourth-order valence-electron chi connectivity index (χ4n) is 4.88. The molecule has 2 amide bonds. The molecule has 0 atom stereocenters. The van der Waals surface area contributed by atoms with Gasteiger partial charge in [0.15, 0.2) is 0 Å². The lowest BCUT2D eigenvalue weighted by atomic mass is 9.86. The normalized spacial score (nSPS) is 15.9. The van der Waals surface area contributed by atoms with Crippen LogP contribution < -0.4 is 10.6 Å². The van der Waals surface area contributed by atoms with Crippen molar-refractivity contribution in [2.45, 2.75) is 31.6 Å². The number of hydrogen-bond acceptors (Lipinski definition) is 5. The fraction of sp³-hybridized carbons (Fsp3) is 0.423. The third-order valence-electron chi connectivity index (χ3n) is 6.73. The molecule has 180 valence electrons. The van der Waals surface area contributed by atoms with E-state index in [2.05, 4.69) is 34.9 Å². The van der Waals surface area contributed by atoms with Gasteiger partial charge >= 0.3 is 12.1 Å². The second-order valence-electron chi connectivity index (χ2n) is 8.87. The van der Waals surface area contributed by atoms with Gasteiger partial charge in [0.1, 0.15) is 13.2 Å². The van der Waals surface area contributed by atoms with Crippen LogP contribution in [0.3, 0.4) is 0 Å². The number of amides is 2. The predicted molar refractivity (Wildman–Crippen MR) is 125 cm³/mol. The molecule has 2 aromatic rings. The Bertz CT molecular complexity index is 1000. The van der Waals surface area contributed by atoms with Crippen LogP contribution in [0.5, 0.6) is 0 Å². The van der Waals surface area contributed by atoms with Gasteiger partial charge in [-0.1, -0.05) is 61.4 Å². The van der Waals surface area contributed by atoms with Gasteiger partial charge in [0.25, 0.3) is 0 Å². The highest BCUT2D eigenvalue weighted by atomic mass is 16.5. The Kier molecular flexibility index (Phi) is 7.47. The number of alkyl carbamates (subject to hydrolysis) is 1. The van der Waals surface area contributed by atoms with Gasteiger partial charge in [0, 0.05) is 19.0 Å². The van der Waals surface area contributed by atoms with Crippen molar-refractivity contribution in [2.24, 2.45) is 5.41 Å². The number of ether oxygens (including phenoxy) is 2. The standard InChI is InChI=1S/C26H30N2O6/c29-23(28-17-26(24(30)31)11-5-6-12-26)16-33-14-13-27-25(32)34-15-22-20-9-3-1-7-18(20)19-8-2-4-10-21(19)22/h1-4,7-10,22H,5-6,11-17H2,(H,27,32)(H,28,29)(H,30,31). The van der Waals surface area contributed by atoms with E-state index in [0.29, 0.717) is 12.8 Å². The van der Waals surface area contributed by atoms with E-state index in [1.807, 2.05) is 24.3 Å². The van der Waals surface area contributed by atoms with E-state index in [0.717, 1.165) is 24.0 Å². The first-order chi connectivity index (χ1) is 16.5. The van der Waals surface area contributed by atoms with Crippen LogP contribution in [0.15, 0.2) is 48.5 Å². The molecule has 1 fully saturated rings. The number of carboxylic acid groups (broad SMARTS) is 1. The Morgan fingerprint density at radius 1 is 0.941 bits per heavy atom. The van der Waals surface area contributed by atoms with Crippen molar-refractivity contribution in [2.75, 3.05) is 32.9 Å². The number of hydrogen-bond donors (Lipinski definition) is 3. The molecule has 0 aromatic heterocycles. The monoisotopic (exact) mass is 466 g/mol. The van der Waals surface area contributed by atoms with Crippen LogP contribution in [0.2, 0.25) is 0 Å². The van der Waals surface area contributed by atoms with Crippen molar-refractivity contribution in [3.05, 3.63) is 59.7 Å². The molecule has 34 heavy (non-hydrogen) atoms. The first kappa shape index (κ1) is 23.8. The van der Waals surface area contributed by atoms with E-state index in [1.54, 1.807) is 0 Å². The van der Waals surface area contributed by atoms with Crippen LogP contribution >= 0.6 is 0 Å². The summed E-state index contributed by atoms with van der Waals surface area (Å²) < 4.78 is 10.8. The molecule has 0 aliphatic heterocycles. The number of carboxylic acids is 1. The maximum atomic E-state index is 12.1. The zero-order valence-corrected chi connectivity index (χ0v) is 19.0. The zero-order chi connectivity index (χ0) is 24.0. The van der Waals surface area contributed by atoms with Crippen molar-refractivity contribution in [1.29, 1.82) is 0 Å². The number of carbonyl (C=O) groups excluding carboxylic acids is 2. The second kappa shape index (κ2) is 10.7. The van der Waals surface area contributed by atoms with Crippen LogP contribution in [-0.4, -0.2) is 56.0 Å². The minimum Gasteiger partial charge on any atom is -0.481 e. The Labute approximate surface area is 198 Å². The van der Waals surface area contributed by atoms with Gasteiger partial charge in [-0.3, -0.25) is 9.59 Å². The highest BCUT2D eigenvalue weighted by molar-refractivity contribution is 5.80. The van der Waals surface area contributed by atoms with E-state index in [4.69, 9.17) is 9.47 Å². The molecule has 0 unspecified atom stereocenters. The molecule has 3 N–H and O–H groups in total. The van der Waals surface area contributed by atoms with Crippen LogP contribution in [0.4, 0.5) is 4.79 Å². The van der Waals surface area contributed by atoms with Crippen LogP contribution in [0.25, 0.3) is 11.1 Å². The highest BCUT2D eigenvalue weighted by Gasteiger charge is 2.41. The number of benzene rings is 2. The molecule has 0 radical (unpaired) electrons. The smallest absolute Gasteiger partial charge is 0.407 e. The fourth-order valence-corrected chi connectivity index (χ4v) is 4.88. The molecular formula is C26H30N2O6. The van der Waals surface area contributed by atoms with Gasteiger partial charge in [0.2, 0.25) is 5.91 Å². The summed E-state index contributed by atoms with van der Waals surface area (Å²) >= 11 is 0. The average molecular weight is 467 g/mol. The Morgan fingerprint density at radius 2 is 1.56 bits per heavy atom. The van der Waals surface area contributed by atoms with Gasteiger partial charge in [-0.05, 0) is 35.1 Å². The van der Waals surface area contributed by atoms with Crippen LogP contribution in [0, 0.1) is 5.41 Å². The van der Waals surface area contributed by atoms with Gasteiger partial charge in [-0.15, -0.1) is 0 Å². The van der Waals surface area contributed by atoms with Crippen molar-refractivity contribution in [3.63, 3.8) is 0 Å². The zero-order valence-electron chi connectivity index (χ0n) is 19.0. The summed E-state index contributed by atoms with van der Waals surface area (Å²) in [5.41, 5.74) is 3.77. The van der Waals surface area contributed by atoms with E-state index >= 15 is 0 Å². The summed E-state index contributed by atoms with van der Waals surface area (Å²) in [6, 6.07) is 16.3. The topological polar surface area (TPSA) is 114 Å². The highest BCUT2D eigenvalue weighted by Crippen LogP contribution is 2.44. The van der Waals surface area contributed by atoms with Crippen LogP contribution in [-0.2, 0) is 19.1 Å². The SMILES string of the molecule is O=C(COCCNC(=O)OCC1c2ccccc2-c2ccccc21)NCC1(C(=O)O)CCCC1. The summed E-state index contributed by atoms with van der Waals surface area (Å²) in [6.07, 6.45) is 2.33. The van der Waals surface area contributed by atoms with Gasteiger partial charge < -0.3 is 25.2 Å². The maximum Gasteiger partial charge on any atom is 0.407 e. The van der Waals surface area contributed by atoms with Crippen molar-refractivity contribution in [1.82, 2.24) is 10.6 Å². The third-order valence-corrected chi connectivity index (χ3v) is 6.73. The van der Waals surface area contributed by atoms with Gasteiger partial charge in [-0.2, -0.15) is 0 Å². The van der Waals surface area contributed by atoms with Crippen molar-refractivity contribution in [3.8, 4) is 11.1 Å². The predicted octanol–water partition coefficient (Wildman–Crippen LogP) is 3.30. The van der Waals surface area contributed by atoms with E-state index < -0.39 is 17.5 Å². The summed E-state index contributed by atoms with van der Waals surface area (Å²) in [5, 5.41) is 14.7. The van der Waals surface area contributed by atoms with Gasteiger partial charge in [0.05, 0.1) is 12.0 Å². The lowest BCUT2D eigenvalue weighted by molar-refractivity contribution is -0.148. The molecule has 4 rings (SSSR count). The minimum absolute atomic E-state index is 0.00735. The van der Waals surface area contributed by atoms with Crippen molar-refractivity contribution >= 4 is 18.0 Å². The Hall–Kier alpha value is -3.39. The molecule has 0 heterocycles. The van der Waals surface area contributed by atoms with Crippen LogP contribution in [0.1, 0.15) is 42.7 Å². The number of nitrogens with one attached hydrogen (secondary N) is 2. The van der Waals surface area contributed by atoms with E-state index in [-0.39, 0.29) is 44.7 Å². The maximum absolute atomic E-state index is 12.1. The molecule has 2 aliphatic carbocycles. The Balaban J connectivity index is 1.14. The number of carbonyl (C=O) groups is 3. The number of aliphatic carboxylic acids is 1. The average Bonchev–Trinajstić information content (AvgIpc) is 3.45. The molecule has 0 bridgehead atoms. The summed E-state index contributed by atoms with van der Waals surface area (Å²) in [7, 11) is 0. The molecule has 2 aliphatic rings. The van der Waals surface area contributed by atoms with E-state index in [9.17, 15) is 19.5 Å². The molecular weight excluding hydrogens is 436 g/mol. The number of fused-ring (bicyclic) bond motifs is 3. The molecule has 8 nitrogen and oxygen atoms in total.